The maximum absolute atomic E-state index is 13.3. The Morgan fingerprint density at radius 1 is 1.10 bits per heavy atom. The second-order valence-corrected chi connectivity index (χ2v) is 7.20. The molecule has 9 heteroatoms. The zero-order valence-electron chi connectivity index (χ0n) is 16.0. The van der Waals surface area contributed by atoms with Crippen LogP contribution in [0.4, 0.5) is 22.1 Å². The van der Waals surface area contributed by atoms with Gasteiger partial charge in [0, 0.05) is 28.1 Å². The van der Waals surface area contributed by atoms with E-state index >= 15 is 0 Å². The summed E-state index contributed by atoms with van der Waals surface area (Å²) in [5.41, 5.74) is 7.23. The molecule has 31 heavy (non-hydrogen) atoms. The van der Waals surface area contributed by atoms with Crippen LogP contribution in [0.1, 0.15) is 21.5 Å². The SMILES string of the molecule is Nc1cccc(N2C(=O)c3ccccc3C2(O)c2ccc3[nH]c(NC(=O)O)nc3c2)c1. The predicted octanol–water partition coefficient (Wildman–Crippen LogP) is 3.09. The Bertz CT molecular complexity index is 1370. The molecule has 5 rings (SSSR count). The molecule has 0 fully saturated rings. The molecule has 0 aliphatic carbocycles. The van der Waals surface area contributed by atoms with Gasteiger partial charge >= 0.3 is 6.09 Å². The third-order valence-electron chi connectivity index (χ3n) is 5.30. The number of amides is 2. The number of hydrogen-bond donors (Lipinski definition) is 5. The van der Waals surface area contributed by atoms with Crippen molar-refractivity contribution in [2.24, 2.45) is 0 Å². The molecule has 2 heterocycles. The molecule has 4 aromatic rings. The number of aliphatic hydroxyl groups is 1. The molecule has 0 spiro atoms. The zero-order chi connectivity index (χ0) is 21.8. The number of imidazole rings is 1. The van der Waals surface area contributed by atoms with Gasteiger partial charge in [-0.3, -0.25) is 15.0 Å². The van der Waals surface area contributed by atoms with Crippen LogP contribution in [0.3, 0.4) is 0 Å². The van der Waals surface area contributed by atoms with Crippen molar-refractivity contribution in [2.75, 3.05) is 16.0 Å². The number of fused-ring (bicyclic) bond motifs is 2. The van der Waals surface area contributed by atoms with Crippen molar-refractivity contribution in [3.8, 4) is 0 Å². The Balaban J connectivity index is 1.72. The zero-order valence-corrected chi connectivity index (χ0v) is 16.0. The third kappa shape index (κ3) is 2.79. The monoisotopic (exact) mass is 415 g/mol. The van der Waals surface area contributed by atoms with Crippen molar-refractivity contribution < 1.29 is 19.8 Å². The van der Waals surface area contributed by atoms with Gasteiger partial charge in [-0.05, 0) is 36.4 Å². The van der Waals surface area contributed by atoms with Crippen LogP contribution in [0, 0.1) is 0 Å². The number of H-pyrrole nitrogens is 1. The number of carbonyl (C=O) groups excluding carboxylic acids is 1. The molecule has 0 radical (unpaired) electrons. The molecule has 0 saturated heterocycles. The molecular formula is C22H17N5O4. The van der Waals surface area contributed by atoms with Crippen molar-refractivity contribution in [1.29, 1.82) is 0 Å². The quantitative estimate of drug-likeness (QED) is 0.325. The summed E-state index contributed by atoms with van der Waals surface area (Å²) < 4.78 is 0. The number of aromatic nitrogens is 2. The summed E-state index contributed by atoms with van der Waals surface area (Å²) in [5.74, 6) is -0.304. The van der Waals surface area contributed by atoms with Crippen molar-refractivity contribution in [3.05, 3.63) is 83.4 Å². The maximum Gasteiger partial charge on any atom is 0.411 e. The number of rotatable bonds is 3. The molecule has 9 nitrogen and oxygen atoms in total. The lowest BCUT2D eigenvalue weighted by Crippen LogP contribution is -2.45. The molecule has 1 atom stereocenters. The van der Waals surface area contributed by atoms with Gasteiger partial charge in [-0.15, -0.1) is 0 Å². The molecular weight excluding hydrogens is 398 g/mol. The molecule has 1 aliphatic heterocycles. The fourth-order valence-electron chi connectivity index (χ4n) is 4.00. The van der Waals surface area contributed by atoms with Gasteiger partial charge in [-0.1, -0.05) is 30.3 Å². The molecule has 1 aliphatic rings. The Morgan fingerprint density at radius 2 is 1.90 bits per heavy atom. The highest BCUT2D eigenvalue weighted by Gasteiger charge is 2.50. The maximum atomic E-state index is 13.3. The van der Waals surface area contributed by atoms with E-state index in [1.165, 1.54) is 4.90 Å². The largest absolute Gasteiger partial charge is 0.465 e. The van der Waals surface area contributed by atoms with Crippen LogP contribution in [0.2, 0.25) is 0 Å². The van der Waals surface area contributed by atoms with Crippen LogP contribution < -0.4 is 16.0 Å². The number of aromatic amines is 1. The molecule has 0 saturated carbocycles. The van der Waals surface area contributed by atoms with Crippen LogP contribution in [0.25, 0.3) is 11.0 Å². The van der Waals surface area contributed by atoms with Crippen LogP contribution in [-0.2, 0) is 5.72 Å². The highest BCUT2D eigenvalue weighted by molar-refractivity contribution is 6.12. The van der Waals surface area contributed by atoms with Gasteiger partial charge < -0.3 is 20.9 Å². The van der Waals surface area contributed by atoms with Gasteiger partial charge in [0.05, 0.1) is 11.0 Å². The van der Waals surface area contributed by atoms with E-state index in [0.717, 1.165) is 0 Å². The topological polar surface area (TPSA) is 145 Å². The molecule has 1 aromatic heterocycles. The Kier molecular flexibility index (Phi) is 3.95. The van der Waals surface area contributed by atoms with E-state index in [-0.39, 0.29) is 11.9 Å². The summed E-state index contributed by atoms with van der Waals surface area (Å²) in [5, 5.41) is 23.1. The van der Waals surface area contributed by atoms with Crippen LogP contribution in [-0.4, -0.2) is 32.2 Å². The van der Waals surface area contributed by atoms with E-state index in [9.17, 15) is 14.7 Å². The molecule has 6 N–H and O–H groups in total. The number of hydrogen-bond acceptors (Lipinski definition) is 5. The van der Waals surface area contributed by atoms with Gasteiger partial charge in [0.25, 0.3) is 5.91 Å². The number of nitrogen functional groups attached to an aromatic ring is 1. The van der Waals surface area contributed by atoms with Gasteiger partial charge in [0.1, 0.15) is 0 Å². The van der Waals surface area contributed by atoms with Crippen LogP contribution in [0.15, 0.2) is 66.7 Å². The predicted molar refractivity (Wildman–Crippen MR) is 115 cm³/mol. The van der Waals surface area contributed by atoms with Crippen LogP contribution in [0.5, 0.6) is 0 Å². The lowest BCUT2D eigenvalue weighted by atomic mass is 9.93. The fourth-order valence-corrected chi connectivity index (χ4v) is 4.00. The summed E-state index contributed by atoms with van der Waals surface area (Å²) in [7, 11) is 0. The normalized spacial score (nSPS) is 17.7. The van der Waals surface area contributed by atoms with E-state index < -0.39 is 11.8 Å². The summed E-state index contributed by atoms with van der Waals surface area (Å²) in [6.45, 7) is 0. The minimum Gasteiger partial charge on any atom is -0.465 e. The van der Waals surface area contributed by atoms with Gasteiger partial charge in [0.15, 0.2) is 5.72 Å². The first-order chi connectivity index (χ1) is 14.9. The molecule has 2 amide bonds. The standard InChI is InChI=1S/C22H17N5O4/c23-13-4-3-5-14(11-13)27-19(28)15-6-1-2-7-16(15)22(27,31)12-8-9-17-18(10-12)25-20(24-17)26-21(29)30/h1-11,31H,23H2,(H,29,30)(H2,24,25,26). The van der Waals surface area contributed by atoms with Crippen LogP contribution >= 0.6 is 0 Å². The number of nitrogens with zero attached hydrogens (tertiary/aromatic N) is 2. The number of benzene rings is 3. The number of carboxylic acid groups (broad SMARTS) is 1. The van der Waals surface area contributed by atoms with E-state index in [2.05, 4.69) is 15.3 Å². The van der Waals surface area contributed by atoms with Crippen molar-refractivity contribution in [3.63, 3.8) is 0 Å². The first-order valence-corrected chi connectivity index (χ1v) is 9.40. The summed E-state index contributed by atoms with van der Waals surface area (Å²) in [6, 6.07) is 18.5. The van der Waals surface area contributed by atoms with E-state index in [1.807, 2.05) is 0 Å². The van der Waals surface area contributed by atoms with E-state index in [1.54, 1.807) is 66.7 Å². The number of nitrogens with one attached hydrogen (secondary N) is 2. The van der Waals surface area contributed by atoms with Crippen molar-refractivity contribution in [2.45, 2.75) is 5.72 Å². The minimum atomic E-state index is -1.81. The van der Waals surface area contributed by atoms with Gasteiger partial charge in [-0.25, -0.2) is 9.78 Å². The van der Waals surface area contributed by atoms with Crippen molar-refractivity contribution >= 4 is 40.4 Å². The Morgan fingerprint density at radius 3 is 2.68 bits per heavy atom. The Labute approximate surface area is 175 Å². The van der Waals surface area contributed by atoms with Gasteiger partial charge in [0.2, 0.25) is 5.95 Å². The number of nitrogens with two attached hydrogens (primary N) is 1. The molecule has 154 valence electrons. The molecule has 1 unspecified atom stereocenters. The number of anilines is 3. The lowest BCUT2D eigenvalue weighted by molar-refractivity contribution is 0.0704. The molecule has 0 bridgehead atoms. The summed E-state index contributed by atoms with van der Waals surface area (Å²) >= 11 is 0. The summed E-state index contributed by atoms with van der Waals surface area (Å²) in [6.07, 6.45) is -1.25. The van der Waals surface area contributed by atoms with Crippen molar-refractivity contribution in [1.82, 2.24) is 9.97 Å². The Hall–Kier alpha value is -4.37. The fraction of sp³-hybridized carbons (Fsp3) is 0.0455. The van der Waals surface area contributed by atoms with E-state index in [4.69, 9.17) is 10.8 Å². The van der Waals surface area contributed by atoms with E-state index in [0.29, 0.717) is 39.1 Å². The smallest absolute Gasteiger partial charge is 0.411 e. The third-order valence-corrected chi connectivity index (χ3v) is 5.30. The van der Waals surface area contributed by atoms with Gasteiger partial charge in [-0.2, -0.15) is 0 Å². The second-order valence-electron chi connectivity index (χ2n) is 7.20. The number of carbonyl (C=O) groups is 2. The average molecular weight is 415 g/mol. The minimum absolute atomic E-state index is 0.0576. The highest BCUT2D eigenvalue weighted by Crippen LogP contribution is 2.45. The molecule has 3 aromatic carbocycles. The second kappa shape index (κ2) is 6.57. The lowest BCUT2D eigenvalue weighted by Gasteiger charge is -2.35. The summed E-state index contributed by atoms with van der Waals surface area (Å²) in [4.78, 5) is 32.6. The average Bonchev–Trinajstić information content (AvgIpc) is 3.24. The first kappa shape index (κ1) is 18.6. The highest BCUT2D eigenvalue weighted by atomic mass is 16.4. The first-order valence-electron chi connectivity index (χ1n) is 9.40.